The van der Waals surface area contributed by atoms with E-state index in [2.05, 4.69) is 0 Å². The summed E-state index contributed by atoms with van der Waals surface area (Å²) in [6.07, 6.45) is 0.574. The fraction of sp³-hybridized carbons (Fsp3) is 0.579. The monoisotopic (exact) mass is 335 g/mol. The summed E-state index contributed by atoms with van der Waals surface area (Å²) >= 11 is 0. The van der Waals surface area contributed by atoms with Crippen molar-refractivity contribution in [1.82, 2.24) is 4.90 Å². The molecular weight excluding hydrogens is 306 g/mol. The van der Waals surface area contributed by atoms with Crippen LogP contribution in [0.25, 0.3) is 0 Å². The largest absolute Gasteiger partial charge is 0.460 e. The van der Waals surface area contributed by atoms with E-state index in [1.54, 1.807) is 4.90 Å². The van der Waals surface area contributed by atoms with Crippen molar-refractivity contribution in [1.29, 1.82) is 0 Å². The number of nitrogens with zero attached hydrogens (tertiary/aromatic N) is 1. The van der Waals surface area contributed by atoms with E-state index in [0.29, 0.717) is 13.0 Å². The molecule has 1 aromatic carbocycles. The van der Waals surface area contributed by atoms with Crippen LogP contribution in [0.3, 0.4) is 0 Å². The van der Waals surface area contributed by atoms with E-state index in [1.807, 2.05) is 65.0 Å². The quantitative estimate of drug-likeness (QED) is 0.683. The minimum Gasteiger partial charge on any atom is -0.460 e. The summed E-state index contributed by atoms with van der Waals surface area (Å²) in [7, 11) is 0. The average molecular weight is 335 g/mol. The van der Waals surface area contributed by atoms with Gasteiger partial charge in [-0.05, 0) is 39.3 Å². The summed E-state index contributed by atoms with van der Waals surface area (Å²) in [5, 5.41) is 0. The highest BCUT2D eigenvalue weighted by Gasteiger charge is 2.28. The molecule has 24 heavy (non-hydrogen) atoms. The zero-order chi connectivity index (χ0) is 18.2. The van der Waals surface area contributed by atoms with Gasteiger partial charge >= 0.3 is 11.9 Å². The number of carbonyl (C=O) groups excluding carboxylic acids is 2. The summed E-state index contributed by atoms with van der Waals surface area (Å²) in [5.74, 6) is -0.648. The number of benzene rings is 1. The predicted molar refractivity (Wildman–Crippen MR) is 93.4 cm³/mol. The Kier molecular flexibility index (Phi) is 7.92. The molecule has 0 unspecified atom stereocenters. The normalized spacial score (nSPS) is 12.8. The minimum atomic E-state index is -0.536. The maximum atomic E-state index is 12.4. The maximum Gasteiger partial charge on any atom is 0.323 e. The fourth-order valence-corrected chi connectivity index (χ4v) is 2.38. The van der Waals surface area contributed by atoms with Crippen molar-refractivity contribution < 1.29 is 19.1 Å². The van der Waals surface area contributed by atoms with Crippen LogP contribution >= 0.6 is 0 Å². The van der Waals surface area contributed by atoms with E-state index >= 15 is 0 Å². The molecule has 0 aromatic heterocycles. The average Bonchev–Trinajstić information content (AvgIpc) is 2.51. The number of hydrogen-bond acceptors (Lipinski definition) is 5. The Labute approximate surface area is 144 Å². The third kappa shape index (κ3) is 7.13. The van der Waals surface area contributed by atoms with Gasteiger partial charge in [0, 0.05) is 0 Å². The summed E-state index contributed by atoms with van der Waals surface area (Å²) in [6.45, 7) is 10.2. The minimum absolute atomic E-state index is 0.0761. The SMILES string of the molecule is CC[C@@H](C(=O)OCc1ccccc1)N(CC)CC(=O)OC(C)(C)C. The summed E-state index contributed by atoms with van der Waals surface area (Å²) in [4.78, 5) is 26.2. The van der Waals surface area contributed by atoms with E-state index in [-0.39, 0.29) is 25.1 Å². The first kappa shape index (κ1) is 20.2. The molecule has 0 bridgehead atoms. The number of carbonyl (C=O) groups is 2. The third-order valence-electron chi connectivity index (χ3n) is 3.48. The van der Waals surface area contributed by atoms with Gasteiger partial charge in [-0.3, -0.25) is 14.5 Å². The smallest absolute Gasteiger partial charge is 0.323 e. The van der Waals surface area contributed by atoms with Crippen LogP contribution in [0.4, 0.5) is 0 Å². The molecule has 0 aliphatic heterocycles. The first-order chi connectivity index (χ1) is 11.3. The topological polar surface area (TPSA) is 55.8 Å². The molecular formula is C19H29NO4. The van der Waals surface area contributed by atoms with E-state index in [4.69, 9.17) is 9.47 Å². The Morgan fingerprint density at radius 2 is 1.75 bits per heavy atom. The van der Waals surface area contributed by atoms with E-state index in [9.17, 15) is 9.59 Å². The number of likely N-dealkylation sites (N-methyl/N-ethyl adjacent to an activating group) is 1. The van der Waals surface area contributed by atoms with Crippen molar-refractivity contribution in [3.63, 3.8) is 0 Å². The Balaban J connectivity index is 2.63. The standard InChI is InChI=1S/C19H29NO4/c1-6-16(18(22)23-14-15-11-9-8-10-12-15)20(7-2)13-17(21)24-19(3,4)5/h8-12,16H,6-7,13-14H2,1-5H3/t16-/m0/s1. The summed E-state index contributed by atoms with van der Waals surface area (Å²) < 4.78 is 10.8. The fourth-order valence-electron chi connectivity index (χ4n) is 2.38. The molecule has 0 N–H and O–H groups in total. The van der Waals surface area contributed by atoms with Crippen LogP contribution in [0.5, 0.6) is 0 Å². The van der Waals surface area contributed by atoms with Crippen LogP contribution in [-0.2, 0) is 25.7 Å². The number of esters is 2. The number of hydrogen-bond donors (Lipinski definition) is 0. The Morgan fingerprint density at radius 1 is 1.12 bits per heavy atom. The molecule has 5 heteroatoms. The van der Waals surface area contributed by atoms with Crippen LogP contribution in [0, 0.1) is 0 Å². The van der Waals surface area contributed by atoms with Crippen LogP contribution in [0.2, 0.25) is 0 Å². The first-order valence-corrected chi connectivity index (χ1v) is 8.43. The maximum absolute atomic E-state index is 12.4. The molecule has 0 aliphatic rings. The molecule has 1 rings (SSSR count). The second kappa shape index (κ2) is 9.42. The van der Waals surface area contributed by atoms with Gasteiger partial charge in [-0.2, -0.15) is 0 Å². The molecule has 0 spiro atoms. The molecule has 0 heterocycles. The molecule has 0 saturated carbocycles. The lowest BCUT2D eigenvalue weighted by Crippen LogP contribution is -2.45. The Bertz CT molecular complexity index is 522. The molecule has 134 valence electrons. The van der Waals surface area contributed by atoms with Gasteiger partial charge in [0.2, 0.25) is 0 Å². The molecule has 0 saturated heterocycles. The lowest BCUT2D eigenvalue weighted by molar-refractivity contribution is -0.159. The van der Waals surface area contributed by atoms with Crippen LogP contribution in [0.1, 0.15) is 46.6 Å². The van der Waals surface area contributed by atoms with E-state index < -0.39 is 11.6 Å². The first-order valence-electron chi connectivity index (χ1n) is 8.43. The van der Waals surface area contributed by atoms with E-state index in [1.165, 1.54) is 0 Å². The zero-order valence-corrected chi connectivity index (χ0v) is 15.4. The zero-order valence-electron chi connectivity index (χ0n) is 15.4. The molecule has 1 aromatic rings. The Hall–Kier alpha value is -1.88. The van der Waals surface area contributed by atoms with Gasteiger partial charge < -0.3 is 9.47 Å². The van der Waals surface area contributed by atoms with Crippen LogP contribution in [-0.4, -0.2) is 41.6 Å². The van der Waals surface area contributed by atoms with Gasteiger partial charge in [-0.1, -0.05) is 44.2 Å². The van der Waals surface area contributed by atoms with Crippen molar-refractivity contribution in [3.05, 3.63) is 35.9 Å². The lowest BCUT2D eigenvalue weighted by Gasteiger charge is -2.29. The number of ether oxygens (including phenoxy) is 2. The second-order valence-corrected chi connectivity index (χ2v) is 6.67. The third-order valence-corrected chi connectivity index (χ3v) is 3.48. The highest BCUT2D eigenvalue weighted by Crippen LogP contribution is 2.12. The van der Waals surface area contributed by atoms with Crippen molar-refractivity contribution in [2.24, 2.45) is 0 Å². The van der Waals surface area contributed by atoms with Gasteiger partial charge in [-0.25, -0.2) is 0 Å². The van der Waals surface area contributed by atoms with Crippen molar-refractivity contribution in [3.8, 4) is 0 Å². The molecule has 0 aliphatic carbocycles. The molecule has 0 fully saturated rings. The highest BCUT2D eigenvalue weighted by molar-refractivity contribution is 5.78. The van der Waals surface area contributed by atoms with Gasteiger partial charge in [0.25, 0.3) is 0 Å². The van der Waals surface area contributed by atoms with E-state index in [0.717, 1.165) is 5.56 Å². The predicted octanol–water partition coefficient (Wildman–Crippen LogP) is 3.17. The summed E-state index contributed by atoms with van der Waals surface area (Å²) in [5.41, 5.74) is 0.405. The van der Waals surface area contributed by atoms with Crippen LogP contribution < -0.4 is 0 Å². The summed E-state index contributed by atoms with van der Waals surface area (Å²) in [6, 6.07) is 9.09. The highest BCUT2D eigenvalue weighted by atomic mass is 16.6. The van der Waals surface area contributed by atoms with Gasteiger partial charge in [-0.15, -0.1) is 0 Å². The molecule has 1 atom stereocenters. The van der Waals surface area contributed by atoms with Crippen molar-refractivity contribution >= 4 is 11.9 Å². The Morgan fingerprint density at radius 3 is 2.25 bits per heavy atom. The van der Waals surface area contributed by atoms with Gasteiger partial charge in [0.1, 0.15) is 18.2 Å². The van der Waals surface area contributed by atoms with Gasteiger partial charge in [0.15, 0.2) is 0 Å². The van der Waals surface area contributed by atoms with Crippen LogP contribution in [0.15, 0.2) is 30.3 Å². The number of rotatable bonds is 8. The molecule has 5 nitrogen and oxygen atoms in total. The van der Waals surface area contributed by atoms with Crippen molar-refractivity contribution in [2.45, 2.75) is 59.3 Å². The molecule has 0 amide bonds. The van der Waals surface area contributed by atoms with Crippen molar-refractivity contribution in [2.75, 3.05) is 13.1 Å². The van der Waals surface area contributed by atoms with Gasteiger partial charge in [0.05, 0.1) is 6.54 Å². The lowest BCUT2D eigenvalue weighted by atomic mass is 10.1. The second-order valence-electron chi connectivity index (χ2n) is 6.67. The molecule has 0 radical (unpaired) electrons.